The monoisotopic (exact) mass is 361 g/mol. The highest BCUT2D eigenvalue weighted by Crippen LogP contribution is 2.15. The number of carbonyl (C=O) groups excluding carboxylic acids is 2. The number of nitrogens with zero attached hydrogens (tertiary/aromatic N) is 3. The summed E-state index contributed by atoms with van der Waals surface area (Å²) >= 11 is 5.97. The molecule has 1 aliphatic rings. The Hall–Kier alpha value is -2.34. The maximum Gasteiger partial charge on any atom is 0.253 e. The predicted molar refractivity (Wildman–Crippen MR) is 93.5 cm³/mol. The van der Waals surface area contributed by atoms with E-state index in [0.29, 0.717) is 42.5 Å². The molecule has 0 bridgehead atoms. The molecular weight excluding hydrogens is 342 g/mol. The van der Waals surface area contributed by atoms with Crippen LogP contribution in [0.3, 0.4) is 0 Å². The fourth-order valence-electron chi connectivity index (χ4n) is 2.93. The molecule has 0 N–H and O–H groups in total. The van der Waals surface area contributed by atoms with E-state index in [9.17, 15) is 9.59 Å². The van der Waals surface area contributed by atoms with Crippen molar-refractivity contribution in [2.24, 2.45) is 0 Å². The molecule has 2 heterocycles. The molecule has 6 nitrogen and oxygen atoms in total. The molecule has 132 valence electrons. The molecule has 0 unspecified atom stereocenters. The zero-order valence-corrected chi connectivity index (χ0v) is 14.8. The first-order valence-electron chi connectivity index (χ1n) is 8.28. The third-order valence-corrected chi connectivity index (χ3v) is 4.44. The van der Waals surface area contributed by atoms with Gasteiger partial charge in [-0.15, -0.1) is 0 Å². The Labute approximate surface area is 151 Å². The molecule has 2 amide bonds. The van der Waals surface area contributed by atoms with Gasteiger partial charge >= 0.3 is 0 Å². The number of hydrogen-bond donors (Lipinski definition) is 0. The van der Waals surface area contributed by atoms with Crippen molar-refractivity contribution >= 4 is 23.4 Å². The van der Waals surface area contributed by atoms with E-state index in [-0.39, 0.29) is 18.2 Å². The molecule has 3 rings (SSSR count). The van der Waals surface area contributed by atoms with Gasteiger partial charge in [-0.1, -0.05) is 22.8 Å². The quantitative estimate of drug-likeness (QED) is 0.842. The topological polar surface area (TPSA) is 66.7 Å². The van der Waals surface area contributed by atoms with Gasteiger partial charge in [0.05, 0.1) is 12.1 Å². The fraction of sp³-hybridized carbons (Fsp3) is 0.389. The van der Waals surface area contributed by atoms with Crippen LogP contribution in [0.1, 0.15) is 28.2 Å². The van der Waals surface area contributed by atoms with Crippen LogP contribution in [0.25, 0.3) is 0 Å². The molecule has 25 heavy (non-hydrogen) atoms. The van der Waals surface area contributed by atoms with Crippen LogP contribution in [-0.2, 0) is 11.2 Å². The average Bonchev–Trinajstić information content (AvgIpc) is 2.85. The SMILES string of the molecule is Cc1cc(CC(=O)N2CCCN(C(=O)c3cccc(Cl)c3)CC2)on1. The lowest BCUT2D eigenvalue weighted by atomic mass is 10.2. The lowest BCUT2D eigenvalue weighted by molar-refractivity contribution is -0.130. The Morgan fingerprint density at radius 2 is 1.92 bits per heavy atom. The summed E-state index contributed by atoms with van der Waals surface area (Å²) in [4.78, 5) is 28.6. The van der Waals surface area contributed by atoms with Crippen LogP contribution in [0.5, 0.6) is 0 Å². The molecule has 7 heteroatoms. The normalized spacial score (nSPS) is 15.1. The van der Waals surface area contributed by atoms with Crippen molar-refractivity contribution in [2.75, 3.05) is 26.2 Å². The minimum atomic E-state index is -0.0531. The van der Waals surface area contributed by atoms with Crippen LogP contribution in [0.15, 0.2) is 34.9 Å². The van der Waals surface area contributed by atoms with Gasteiger partial charge in [-0.3, -0.25) is 9.59 Å². The number of halogens is 1. The van der Waals surface area contributed by atoms with Crippen molar-refractivity contribution in [2.45, 2.75) is 19.8 Å². The van der Waals surface area contributed by atoms with E-state index in [4.69, 9.17) is 16.1 Å². The number of aryl methyl sites for hydroxylation is 1. The summed E-state index contributed by atoms with van der Waals surface area (Å²) in [5.74, 6) is 0.509. The minimum absolute atomic E-state index is 0.00629. The molecule has 1 saturated heterocycles. The number of carbonyl (C=O) groups is 2. The van der Waals surface area contributed by atoms with Gasteiger partial charge in [-0.2, -0.15) is 0 Å². The first kappa shape index (κ1) is 17.5. The number of hydrogen-bond acceptors (Lipinski definition) is 4. The summed E-state index contributed by atoms with van der Waals surface area (Å²) < 4.78 is 5.11. The van der Waals surface area contributed by atoms with E-state index < -0.39 is 0 Å². The number of amides is 2. The first-order valence-corrected chi connectivity index (χ1v) is 8.65. The molecule has 0 radical (unpaired) electrons. The number of rotatable bonds is 3. The van der Waals surface area contributed by atoms with Crippen molar-refractivity contribution < 1.29 is 14.1 Å². The van der Waals surface area contributed by atoms with Gasteiger partial charge in [0, 0.05) is 42.8 Å². The van der Waals surface area contributed by atoms with Crippen LogP contribution in [-0.4, -0.2) is 52.9 Å². The van der Waals surface area contributed by atoms with E-state index in [1.807, 2.05) is 6.92 Å². The predicted octanol–water partition coefficient (Wildman–Crippen LogP) is 2.55. The molecule has 1 aromatic heterocycles. The van der Waals surface area contributed by atoms with Crippen LogP contribution in [0.4, 0.5) is 0 Å². The van der Waals surface area contributed by atoms with Crippen molar-refractivity contribution in [3.63, 3.8) is 0 Å². The average molecular weight is 362 g/mol. The Balaban J connectivity index is 1.60. The van der Waals surface area contributed by atoms with Gasteiger partial charge < -0.3 is 14.3 Å². The smallest absolute Gasteiger partial charge is 0.253 e. The van der Waals surface area contributed by atoms with E-state index in [2.05, 4.69) is 5.16 Å². The molecular formula is C18H20ClN3O3. The second-order valence-corrected chi connectivity index (χ2v) is 6.58. The van der Waals surface area contributed by atoms with E-state index >= 15 is 0 Å². The molecule has 0 atom stereocenters. The highest BCUT2D eigenvalue weighted by Gasteiger charge is 2.23. The van der Waals surface area contributed by atoms with E-state index in [1.165, 1.54) is 0 Å². The lowest BCUT2D eigenvalue weighted by Gasteiger charge is -2.22. The summed E-state index contributed by atoms with van der Waals surface area (Å²) in [6.07, 6.45) is 0.941. The Morgan fingerprint density at radius 1 is 1.16 bits per heavy atom. The molecule has 0 aliphatic carbocycles. The molecule has 1 aliphatic heterocycles. The second kappa shape index (κ2) is 7.70. The van der Waals surface area contributed by atoms with Gasteiger partial charge in [-0.25, -0.2) is 0 Å². The van der Waals surface area contributed by atoms with Gasteiger partial charge in [0.15, 0.2) is 0 Å². The van der Waals surface area contributed by atoms with E-state index in [1.54, 1.807) is 40.1 Å². The Bertz CT molecular complexity index is 774. The van der Waals surface area contributed by atoms with Crippen molar-refractivity contribution in [3.05, 3.63) is 52.4 Å². The third-order valence-electron chi connectivity index (χ3n) is 4.21. The lowest BCUT2D eigenvalue weighted by Crippen LogP contribution is -2.37. The zero-order chi connectivity index (χ0) is 17.8. The summed E-state index contributed by atoms with van der Waals surface area (Å²) in [5.41, 5.74) is 1.33. The third kappa shape index (κ3) is 4.39. The van der Waals surface area contributed by atoms with Crippen LogP contribution in [0, 0.1) is 6.92 Å². The number of aromatic nitrogens is 1. The molecule has 0 spiro atoms. The largest absolute Gasteiger partial charge is 0.361 e. The van der Waals surface area contributed by atoms with Crippen molar-refractivity contribution in [3.8, 4) is 0 Å². The molecule has 2 aromatic rings. The van der Waals surface area contributed by atoms with Crippen LogP contribution in [0.2, 0.25) is 5.02 Å². The first-order chi connectivity index (χ1) is 12.0. The summed E-state index contributed by atoms with van der Waals surface area (Å²) in [5, 5.41) is 4.34. The van der Waals surface area contributed by atoms with Crippen molar-refractivity contribution in [1.82, 2.24) is 15.0 Å². The van der Waals surface area contributed by atoms with Gasteiger partial charge in [0.25, 0.3) is 5.91 Å². The second-order valence-electron chi connectivity index (χ2n) is 6.15. The van der Waals surface area contributed by atoms with Gasteiger partial charge in [-0.05, 0) is 31.5 Å². The highest BCUT2D eigenvalue weighted by molar-refractivity contribution is 6.30. The Kier molecular flexibility index (Phi) is 5.38. The Morgan fingerprint density at radius 3 is 2.64 bits per heavy atom. The zero-order valence-electron chi connectivity index (χ0n) is 14.1. The molecule has 1 fully saturated rings. The summed E-state index contributed by atoms with van der Waals surface area (Å²) in [6.45, 7) is 4.09. The molecule has 0 saturated carbocycles. The summed E-state index contributed by atoms with van der Waals surface area (Å²) in [6, 6.07) is 8.71. The fourth-order valence-corrected chi connectivity index (χ4v) is 3.12. The highest BCUT2D eigenvalue weighted by atomic mass is 35.5. The maximum atomic E-state index is 12.6. The maximum absolute atomic E-state index is 12.6. The van der Waals surface area contributed by atoms with Crippen LogP contribution >= 0.6 is 11.6 Å². The summed E-state index contributed by atoms with van der Waals surface area (Å²) in [7, 11) is 0. The standard InChI is InChI=1S/C18H20ClN3O3/c1-13-10-16(25-20-13)12-17(23)21-6-3-7-22(9-8-21)18(24)14-4-2-5-15(19)11-14/h2,4-5,10-11H,3,6-9,12H2,1H3. The van der Waals surface area contributed by atoms with Crippen LogP contribution < -0.4 is 0 Å². The number of benzene rings is 1. The minimum Gasteiger partial charge on any atom is -0.361 e. The van der Waals surface area contributed by atoms with Gasteiger partial charge in [0.2, 0.25) is 5.91 Å². The van der Waals surface area contributed by atoms with Crippen molar-refractivity contribution in [1.29, 1.82) is 0 Å². The van der Waals surface area contributed by atoms with Gasteiger partial charge in [0.1, 0.15) is 5.76 Å². The molecule has 1 aromatic carbocycles. The van der Waals surface area contributed by atoms with E-state index in [0.717, 1.165) is 12.1 Å².